The quantitative estimate of drug-likeness (QED) is 0.0201. The van der Waals surface area contributed by atoms with Crippen LogP contribution in [0.2, 0.25) is 0 Å². The summed E-state index contributed by atoms with van der Waals surface area (Å²) in [5.41, 5.74) is 0. The maximum atomic E-state index is 12.8. The molecule has 0 amide bonds. The average molecular weight is 843 g/mol. The van der Waals surface area contributed by atoms with Crippen LogP contribution in [-0.2, 0) is 28.6 Å². The summed E-state index contributed by atoms with van der Waals surface area (Å²) in [4.78, 5) is 37.8. The van der Waals surface area contributed by atoms with Crippen molar-refractivity contribution in [3.63, 3.8) is 0 Å². The first-order chi connectivity index (χ1) is 30.0. The predicted octanol–water partition coefficient (Wildman–Crippen LogP) is 15.7. The van der Waals surface area contributed by atoms with E-state index in [-0.39, 0.29) is 50.4 Å². The third-order valence-electron chi connectivity index (χ3n) is 9.47. The molecule has 0 aromatic carbocycles. The smallest absolute Gasteiger partial charge is 0.306 e. The van der Waals surface area contributed by atoms with Gasteiger partial charge in [-0.05, 0) is 109 Å². The van der Waals surface area contributed by atoms with Crippen molar-refractivity contribution in [1.29, 1.82) is 0 Å². The van der Waals surface area contributed by atoms with Crippen molar-refractivity contribution < 1.29 is 28.6 Å². The van der Waals surface area contributed by atoms with Crippen LogP contribution >= 0.6 is 0 Å². The van der Waals surface area contributed by atoms with Crippen molar-refractivity contribution in [2.24, 2.45) is 0 Å². The van der Waals surface area contributed by atoms with E-state index in [1.54, 1.807) is 0 Å². The Morgan fingerprint density at radius 3 is 1.23 bits per heavy atom. The Bertz CT molecular complexity index is 1340. The lowest BCUT2D eigenvalue weighted by Gasteiger charge is -2.18. The molecule has 0 bridgehead atoms. The van der Waals surface area contributed by atoms with Crippen LogP contribution in [0.25, 0.3) is 0 Å². The van der Waals surface area contributed by atoms with Gasteiger partial charge in [0.1, 0.15) is 13.2 Å². The highest BCUT2D eigenvalue weighted by Gasteiger charge is 2.19. The van der Waals surface area contributed by atoms with Crippen molar-refractivity contribution in [1.82, 2.24) is 0 Å². The molecule has 1 atom stereocenters. The number of allylic oxidation sites excluding steroid dienone is 20. The van der Waals surface area contributed by atoms with Crippen molar-refractivity contribution in [2.75, 3.05) is 13.2 Å². The lowest BCUT2D eigenvalue weighted by atomic mass is 10.1. The van der Waals surface area contributed by atoms with Crippen LogP contribution in [0, 0.1) is 0 Å². The zero-order chi connectivity index (χ0) is 44.4. The van der Waals surface area contributed by atoms with Crippen molar-refractivity contribution in [3.05, 3.63) is 122 Å². The highest BCUT2D eigenvalue weighted by Crippen LogP contribution is 2.12. The topological polar surface area (TPSA) is 78.9 Å². The zero-order valence-corrected chi connectivity index (χ0v) is 38.9. The second kappa shape index (κ2) is 48.5. The molecular formula is C55H86O6. The van der Waals surface area contributed by atoms with Crippen molar-refractivity contribution in [2.45, 2.75) is 194 Å². The van der Waals surface area contributed by atoms with Gasteiger partial charge in [-0.2, -0.15) is 0 Å². The molecule has 0 saturated carbocycles. The highest BCUT2D eigenvalue weighted by molar-refractivity contribution is 5.71. The van der Waals surface area contributed by atoms with Crippen LogP contribution in [0.15, 0.2) is 122 Å². The van der Waals surface area contributed by atoms with Gasteiger partial charge in [-0.1, -0.05) is 181 Å². The van der Waals surface area contributed by atoms with E-state index in [9.17, 15) is 14.4 Å². The van der Waals surface area contributed by atoms with Crippen molar-refractivity contribution in [3.8, 4) is 0 Å². The first-order valence-corrected chi connectivity index (χ1v) is 24.1. The monoisotopic (exact) mass is 843 g/mol. The van der Waals surface area contributed by atoms with Crippen LogP contribution in [0.4, 0.5) is 0 Å². The second-order valence-electron chi connectivity index (χ2n) is 15.3. The van der Waals surface area contributed by atoms with Gasteiger partial charge < -0.3 is 14.2 Å². The van der Waals surface area contributed by atoms with Gasteiger partial charge in [0, 0.05) is 19.3 Å². The lowest BCUT2D eigenvalue weighted by molar-refractivity contribution is -0.166. The number of hydrogen-bond acceptors (Lipinski definition) is 6. The molecule has 0 radical (unpaired) electrons. The molecule has 0 N–H and O–H groups in total. The van der Waals surface area contributed by atoms with Gasteiger partial charge >= 0.3 is 17.9 Å². The fourth-order valence-corrected chi connectivity index (χ4v) is 5.91. The number of carbonyl (C=O) groups excluding carboxylic acids is 3. The molecule has 0 aliphatic rings. The van der Waals surface area contributed by atoms with Gasteiger partial charge in [0.15, 0.2) is 6.10 Å². The summed E-state index contributed by atoms with van der Waals surface area (Å²) in [7, 11) is 0. The van der Waals surface area contributed by atoms with Crippen LogP contribution in [-0.4, -0.2) is 37.2 Å². The van der Waals surface area contributed by atoms with Gasteiger partial charge in [-0.3, -0.25) is 14.4 Å². The SMILES string of the molecule is CC/C=C\C/C=C\C/C=C\C/C=C\C/C=C\CCC(=O)OCC(COC(=O)CCCC/C=C\C/C=C\C/C=C\CC)OC(=O)CCCCCCCC/C=C\C=C/CCCCC. The molecule has 0 aliphatic heterocycles. The Hall–Kier alpha value is -4.19. The number of rotatable bonds is 41. The van der Waals surface area contributed by atoms with Gasteiger partial charge in [-0.25, -0.2) is 0 Å². The summed E-state index contributed by atoms with van der Waals surface area (Å²) in [5.74, 6) is -1.07. The molecule has 0 spiro atoms. The summed E-state index contributed by atoms with van der Waals surface area (Å²) < 4.78 is 16.6. The van der Waals surface area contributed by atoms with E-state index in [0.717, 1.165) is 103 Å². The maximum Gasteiger partial charge on any atom is 0.306 e. The van der Waals surface area contributed by atoms with Crippen LogP contribution in [0.5, 0.6) is 0 Å². The van der Waals surface area contributed by atoms with E-state index in [1.807, 2.05) is 12.2 Å². The first kappa shape index (κ1) is 56.8. The number of esters is 3. The summed E-state index contributed by atoms with van der Waals surface area (Å²) in [5, 5.41) is 0. The molecule has 6 heteroatoms. The Morgan fingerprint density at radius 1 is 0.361 bits per heavy atom. The number of hydrogen-bond donors (Lipinski definition) is 0. The van der Waals surface area contributed by atoms with E-state index >= 15 is 0 Å². The fourth-order valence-electron chi connectivity index (χ4n) is 5.91. The zero-order valence-electron chi connectivity index (χ0n) is 38.9. The molecule has 1 unspecified atom stereocenters. The number of ether oxygens (including phenoxy) is 3. The maximum absolute atomic E-state index is 12.8. The minimum absolute atomic E-state index is 0.130. The number of unbranched alkanes of at least 4 members (excludes halogenated alkanes) is 11. The van der Waals surface area contributed by atoms with E-state index in [1.165, 1.54) is 32.1 Å². The summed E-state index contributed by atoms with van der Waals surface area (Å²) in [6.45, 7) is 6.23. The highest BCUT2D eigenvalue weighted by atomic mass is 16.6. The molecule has 0 heterocycles. The minimum Gasteiger partial charge on any atom is -0.462 e. The molecule has 0 rings (SSSR count). The van der Waals surface area contributed by atoms with Gasteiger partial charge in [0.05, 0.1) is 0 Å². The lowest BCUT2D eigenvalue weighted by Crippen LogP contribution is -2.30. The number of carbonyl (C=O) groups is 3. The van der Waals surface area contributed by atoms with Gasteiger partial charge in [-0.15, -0.1) is 0 Å². The van der Waals surface area contributed by atoms with Crippen LogP contribution in [0.3, 0.4) is 0 Å². The summed E-state index contributed by atoms with van der Waals surface area (Å²) in [6, 6.07) is 0. The Labute approximate surface area is 373 Å². The van der Waals surface area contributed by atoms with E-state index in [4.69, 9.17) is 14.2 Å². The van der Waals surface area contributed by atoms with E-state index < -0.39 is 6.10 Å². The van der Waals surface area contributed by atoms with Gasteiger partial charge in [0.2, 0.25) is 0 Å². The minimum atomic E-state index is -0.832. The summed E-state index contributed by atoms with van der Waals surface area (Å²) in [6.07, 6.45) is 66.2. The molecule has 0 aromatic rings. The third-order valence-corrected chi connectivity index (χ3v) is 9.47. The fraction of sp³-hybridized carbons (Fsp3) is 0.582. The second-order valence-corrected chi connectivity index (χ2v) is 15.3. The molecular weight excluding hydrogens is 757 g/mol. The average Bonchev–Trinajstić information content (AvgIpc) is 3.26. The Morgan fingerprint density at radius 2 is 0.721 bits per heavy atom. The molecule has 6 nitrogen and oxygen atoms in total. The summed E-state index contributed by atoms with van der Waals surface area (Å²) >= 11 is 0. The largest absolute Gasteiger partial charge is 0.462 e. The molecule has 342 valence electrons. The van der Waals surface area contributed by atoms with Crippen LogP contribution in [0.1, 0.15) is 188 Å². The first-order valence-electron chi connectivity index (χ1n) is 24.1. The Kier molecular flexibility index (Phi) is 45.1. The van der Waals surface area contributed by atoms with E-state index in [0.29, 0.717) is 12.8 Å². The normalized spacial score (nSPS) is 13.2. The van der Waals surface area contributed by atoms with Gasteiger partial charge in [0.25, 0.3) is 0 Å². The third kappa shape index (κ3) is 46.7. The molecule has 61 heavy (non-hydrogen) atoms. The molecule has 0 aliphatic carbocycles. The standard InChI is InChI=1S/C55H86O6/c1-4-7-10-13-16-19-22-25-27-29-30-33-36-39-42-45-48-54(57)60-51-52(50-59-53(56)47-44-41-38-35-32-24-21-18-15-12-9-6-3)61-55(58)49-46-43-40-37-34-31-28-26-23-20-17-14-11-8-5-2/h7,9-10,12,16-21,23,25-27,30,32-33,35,39,42,52H,4-6,8,11,13-15,22,24,28-29,31,34,36-38,40-41,43-51H2,1-3H3/b10-7-,12-9-,19-16-,20-17-,21-18-,26-23-,27-25-,33-30-,35-32-,42-39-. The molecule has 0 saturated heterocycles. The Balaban J connectivity index is 4.59. The molecule has 0 aromatic heterocycles. The van der Waals surface area contributed by atoms with E-state index in [2.05, 4.69) is 130 Å². The predicted molar refractivity (Wildman–Crippen MR) is 260 cm³/mol. The molecule has 0 fully saturated rings. The van der Waals surface area contributed by atoms with Crippen molar-refractivity contribution >= 4 is 17.9 Å². The van der Waals surface area contributed by atoms with Crippen LogP contribution < -0.4 is 0 Å².